The third-order valence-electron chi connectivity index (χ3n) is 3.47. The number of carbonyl (C=O) groups excluding carboxylic acids is 1. The van der Waals surface area contributed by atoms with Gasteiger partial charge in [0.2, 0.25) is 0 Å². The van der Waals surface area contributed by atoms with Crippen LogP contribution >= 0.6 is 0 Å². The van der Waals surface area contributed by atoms with Crippen molar-refractivity contribution in [3.63, 3.8) is 0 Å². The maximum Gasteiger partial charge on any atom is 0.255 e. The second-order valence-corrected chi connectivity index (χ2v) is 4.65. The third-order valence-corrected chi connectivity index (χ3v) is 3.47. The molecule has 0 radical (unpaired) electrons. The molecule has 4 heteroatoms. The van der Waals surface area contributed by atoms with Gasteiger partial charge < -0.3 is 15.8 Å². The van der Waals surface area contributed by atoms with Crippen molar-refractivity contribution in [2.45, 2.75) is 39.2 Å². The van der Waals surface area contributed by atoms with E-state index in [0.717, 1.165) is 12.8 Å². The highest BCUT2D eigenvalue weighted by molar-refractivity contribution is 5.99. The molecule has 100 valence electrons. The van der Waals surface area contributed by atoms with Crippen LogP contribution in [0, 0.1) is 0 Å². The molecule has 18 heavy (non-hydrogen) atoms. The van der Waals surface area contributed by atoms with Crippen LogP contribution in [0.3, 0.4) is 0 Å². The van der Waals surface area contributed by atoms with Gasteiger partial charge in [0.15, 0.2) is 5.75 Å². The van der Waals surface area contributed by atoms with Gasteiger partial charge in [-0.15, -0.1) is 0 Å². The molecule has 0 aliphatic heterocycles. The molecule has 0 unspecified atom stereocenters. The summed E-state index contributed by atoms with van der Waals surface area (Å²) in [5.41, 5.74) is 6.54. The summed E-state index contributed by atoms with van der Waals surface area (Å²) < 4.78 is 5.19. The highest BCUT2D eigenvalue weighted by Crippen LogP contribution is 2.26. The molecule has 3 N–H and O–H groups in total. The Labute approximate surface area is 109 Å². The lowest BCUT2D eigenvalue weighted by atomic mass is 9.95. The van der Waals surface area contributed by atoms with E-state index in [2.05, 4.69) is 19.2 Å². The lowest BCUT2D eigenvalue weighted by molar-refractivity contribution is 0.0898. The summed E-state index contributed by atoms with van der Waals surface area (Å²) in [4.78, 5) is 12.3. The van der Waals surface area contributed by atoms with E-state index in [0.29, 0.717) is 17.0 Å². The van der Waals surface area contributed by atoms with Crippen LogP contribution in [0.5, 0.6) is 5.75 Å². The first-order valence-electron chi connectivity index (χ1n) is 6.22. The molecule has 1 amide bonds. The van der Waals surface area contributed by atoms with E-state index in [1.54, 1.807) is 18.2 Å². The first kappa shape index (κ1) is 14.4. The van der Waals surface area contributed by atoms with E-state index in [1.807, 2.05) is 6.92 Å². The molecule has 0 heterocycles. The number of benzene rings is 1. The number of anilines is 1. The minimum Gasteiger partial charge on any atom is -0.494 e. The molecule has 0 atom stereocenters. The molecule has 0 spiro atoms. The van der Waals surface area contributed by atoms with Crippen molar-refractivity contribution < 1.29 is 9.53 Å². The Bertz CT molecular complexity index is 426. The van der Waals surface area contributed by atoms with Crippen LogP contribution in [0.15, 0.2) is 18.2 Å². The lowest BCUT2D eigenvalue weighted by Gasteiger charge is -2.28. The summed E-state index contributed by atoms with van der Waals surface area (Å²) in [5, 5.41) is 3.04. The average Bonchev–Trinajstić information content (AvgIpc) is 2.38. The predicted molar refractivity (Wildman–Crippen MR) is 73.9 cm³/mol. The molecule has 1 rings (SSSR count). The SMILES string of the molecule is CCC(C)(CC)NC(=O)c1cccc(N)c1OC. The van der Waals surface area contributed by atoms with Crippen LogP contribution in [0.1, 0.15) is 44.0 Å². The molecular formula is C14H22N2O2. The second-order valence-electron chi connectivity index (χ2n) is 4.65. The summed E-state index contributed by atoms with van der Waals surface area (Å²) >= 11 is 0. The summed E-state index contributed by atoms with van der Waals surface area (Å²) in [5.74, 6) is 0.287. The van der Waals surface area contributed by atoms with E-state index in [-0.39, 0.29) is 11.4 Å². The molecule has 0 aromatic heterocycles. The lowest BCUT2D eigenvalue weighted by Crippen LogP contribution is -2.45. The topological polar surface area (TPSA) is 64.4 Å². The summed E-state index contributed by atoms with van der Waals surface area (Å²) in [6.07, 6.45) is 1.75. The molecular weight excluding hydrogens is 228 g/mol. The molecule has 1 aromatic rings. The van der Waals surface area contributed by atoms with Crippen molar-refractivity contribution in [3.8, 4) is 5.75 Å². The van der Waals surface area contributed by atoms with Crippen LogP contribution in [0.4, 0.5) is 5.69 Å². The number of hydrogen-bond donors (Lipinski definition) is 2. The molecule has 0 aliphatic carbocycles. The Balaban J connectivity index is 3.01. The Hall–Kier alpha value is -1.71. The van der Waals surface area contributed by atoms with E-state index < -0.39 is 0 Å². The molecule has 0 saturated carbocycles. The van der Waals surface area contributed by atoms with Crippen molar-refractivity contribution in [2.24, 2.45) is 0 Å². The standard InChI is InChI=1S/C14H22N2O2/c1-5-14(3,6-2)16-13(17)10-8-7-9-11(15)12(10)18-4/h7-9H,5-6,15H2,1-4H3,(H,16,17). The highest BCUT2D eigenvalue weighted by Gasteiger charge is 2.24. The number of amides is 1. The molecule has 0 saturated heterocycles. The van der Waals surface area contributed by atoms with Gasteiger partial charge >= 0.3 is 0 Å². The number of methoxy groups -OCH3 is 1. The maximum atomic E-state index is 12.3. The van der Waals surface area contributed by atoms with Gasteiger partial charge in [-0.2, -0.15) is 0 Å². The van der Waals surface area contributed by atoms with Gasteiger partial charge in [0, 0.05) is 5.54 Å². The number of nitrogens with one attached hydrogen (secondary N) is 1. The largest absolute Gasteiger partial charge is 0.494 e. The van der Waals surface area contributed by atoms with Crippen LogP contribution in [0.25, 0.3) is 0 Å². The van der Waals surface area contributed by atoms with E-state index in [9.17, 15) is 4.79 Å². The van der Waals surface area contributed by atoms with Crippen LogP contribution in [-0.2, 0) is 0 Å². The van der Waals surface area contributed by atoms with Crippen LogP contribution < -0.4 is 15.8 Å². The fourth-order valence-electron chi connectivity index (χ4n) is 1.73. The number of ether oxygens (including phenoxy) is 1. The summed E-state index contributed by atoms with van der Waals surface area (Å²) in [6.45, 7) is 6.14. The quantitative estimate of drug-likeness (QED) is 0.789. The number of rotatable bonds is 5. The molecule has 0 bridgehead atoms. The Morgan fingerprint density at radius 1 is 1.39 bits per heavy atom. The Morgan fingerprint density at radius 2 is 2.00 bits per heavy atom. The highest BCUT2D eigenvalue weighted by atomic mass is 16.5. The number of hydrogen-bond acceptors (Lipinski definition) is 3. The average molecular weight is 250 g/mol. The Morgan fingerprint density at radius 3 is 2.50 bits per heavy atom. The van der Waals surface area contributed by atoms with Gasteiger partial charge in [-0.05, 0) is 31.9 Å². The smallest absolute Gasteiger partial charge is 0.255 e. The van der Waals surface area contributed by atoms with E-state index in [4.69, 9.17) is 10.5 Å². The maximum absolute atomic E-state index is 12.3. The minimum atomic E-state index is -0.202. The van der Waals surface area contributed by atoms with Crippen molar-refractivity contribution in [2.75, 3.05) is 12.8 Å². The van der Waals surface area contributed by atoms with Gasteiger partial charge in [0.25, 0.3) is 5.91 Å². The zero-order valence-electron chi connectivity index (χ0n) is 11.5. The summed E-state index contributed by atoms with van der Waals surface area (Å²) in [6, 6.07) is 5.19. The minimum absolute atomic E-state index is 0.148. The van der Waals surface area contributed by atoms with Crippen molar-refractivity contribution in [1.29, 1.82) is 0 Å². The molecule has 4 nitrogen and oxygen atoms in total. The van der Waals surface area contributed by atoms with Gasteiger partial charge in [-0.1, -0.05) is 19.9 Å². The van der Waals surface area contributed by atoms with Crippen LogP contribution in [0.2, 0.25) is 0 Å². The fraction of sp³-hybridized carbons (Fsp3) is 0.500. The van der Waals surface area contributed by atoms with Crippen molar-refractivity contribution in [3.05, 3.63) is 23.8 Å². The van der Waals surface area contributed by atoms with Gasteiger partial charge in [-0.3, -0.25) is 4.79 Å². The zero-order chi connectivity index (χ0) is 13.8. The van der Waals surface area contributed by atoms with E-state index >= 15 is 0 Å². The fourth-order valence-corrected chi connectivity index (χ4v) is 1.73. The number of carbonyl (C=O) groups is 1. The van der Waals surface area contributed by atoms with Crippen molar-refractivity contribution in [1.82, 2.24) is 5.32 Å². The first-order valence-corrected chi connectivity index (χ1v) is 6.22. The number of nitrogen functional groups attached to an aromatic ring is 1. The number of nitrogens with two attached hydrogens (primary N) is 1. The van der Waals surface area contributed by atoms with Crippen LogP contribution in [-0.4, -0.2) is 18.6 Å². The van der Waals surface area contributed by atoms with Gasteiger partial charge in [0.05, 0.1) is 18.4 Å². The first-order chi connectivity index (χ1) is 8.47. The van der Waals surface area contributed by atoms with E-state index in [1.165, 1.54) is 7.11 Å². The third kappa shape index (κ3) is 2.94. The molecule has 1 aromatic carbocycles. The second kappa shape index (κ2) is 5.76. The van der Waals surface area contributed by atoms with Crippen molar-refractivity contribution >= 4 is 11.6 Å². The normalized spacial score (nSPS) is 11.1. The zero-order valence-corrected chi connectivity index (χ0v) is 11.5. The summed E-state index contributed by atoms with van der Waals surface area (Å²) in [7, 11) is 1.52. The molecule has 0 fully saturated rings. The molecule has 0 aliphatic rings. The Kier molecular flexibility index (Phi) is 4.59. The van der Waals surface area contributed by atoms with Gasteiger partial charge in [0.1, 0.15) is 0 Å². The predicted octanol–water partition coefficient (Wildman–Crippen LogP) is 2.59. The monoisotopic (exact) mass is 250 g/mol. The van der Waals surface area contributed by atoms with Gasteiger partial charge in [-0.25, -0.2) is 0 Å². The number of para-hydroxylation sites is 1.